The van der Waals surface area contributed by atoms with Crippen molar-refractivity contribution >= 4 is 33.8 Å². The van der Waals surface area contributed by atoms with Gasteiger partial charge < -0.3 is 15.2 Å². The zero-order chi connectivity index (χ0) is 16.7. The Morgan fingerprint density at radius 2 is 1.82 bits per heavy atom. The topological polar surface area (TPSA) is 92.7 Å². The van der Waals surface area contributed by atoms with Gasteiger partial charge in [0.25, 0.3) is 0 Å². The Bertz CT molecular complexity index is 543. The van der Waals surface area contributed by atoms with E-state index in [1.54, 1.807) is 31.2 Å². The third-order valence-corrected chi connectivity index (χ3v) is 3.70. The second kappa shape index (κ2) is 8.53. The summed E-state index contributed by atoms with van der Waals surface area (Å²) < 4.78 is 5.30. The number of amides is 1. The quantitative estimate of drug-likeness (QED) is 0.715. The number of carbonyl (C=O) groups excluding carboxylic acids is 2. The molecule has 0 bridgehead atoms. The van der Waals surface area contributed by atoms with E-state index in [0.29, 0.717) is 5.56 Å². The smallest absolute Gasteiger partial charge is 0.313 e. The lowest BCUT2D eigenvalue weighted by molar-refractivity contribution is -0.143. The number of methoxy groups -OCH3 is 1. The third-order valence-electron chi connectivity index (χ3n) is 3.17. The molecule has 1 rings (SSSR count). The minimum Gasteiger partial charge on any atom is -0.481 e. The standard InChI is InChI=1S/C15H18BrNO5/c1-9(17-12(18)7-8-13(19)22-2)14(15(20)21)10-3-5-11(16)6-4-10/h3-6,9,14H,7-8H2,1-2H3,(H,17,18)(H,20,21). The molecule has 2 unspecified atom stereocenters. The minimum atomic E-state index is -1.02. The molecule has 0 aromatic heterocycles. The van der Waals surface area contributed by atoms with Crippen molar-refractivity contribution in [1.29, 1.82) is 0 Å². The maximum absolute atomic E-state index is 11.8. The number of carboxylic acids is 1. The molecule has 1 amide bonds. The van der Waals surface area contributed by atoms with E-state index >= 15 is 0 Å². The number of aliphatic carboxylic acids is 1. The summed E-state index contributed by atoms with van der Waals surface area (Å²) in [5.74, 6) is -2.76. The van der Waals surface area contributed by atoms with Crippen LogP contribution in [0.1, 0.15) is 31.2 Å². The molecule has 120 valence electrons. The highest BCUT2D eigenvalue weighted by molar-refractivity contribution is 9.10. The van der Waals surface area contributed by atoms with Crippen LogP contribution >= 0.6 is 15.9 Å². The lowest BCUT2D eigenvalue weighted by Crippen LogP contribution is -2.40. The van der Waals surface area contributed by atoms with Crippen LogP contribution in [-0.4, -0.2) is 36.1 Å². The van der Waals surface area contributed by atoms with E-state index in [4.69, 9.17) is 0 Å². The second-order valence-electron chi connectivity index (χ2n) is 4.80. The monoisotopic (exact) mass is 371 g/mol. The Balaban J connectivity index is 2.71. The number of nitrogens with one attached hydrogen (secondary N) is 1. The first kappa shape index (κ1) is 18.2. The molecule has 2 N–H and O–H groups in total. The van der Waals surface area contributed by atoms with Crippen molar-refractivity contribution in [3.63, 3.8) is 0 Å². The number of hydrogen-bond acceptors (Lipinski definition) is 4. The van der Waals surface area contributed by atoms with Gasteiger partial charge in [-0.25, -0.2) is 0 Å². The lowest BCUT2D eigenvalue weighted by Gasteiger charge is -2.22. The highest BCUT2D eigenvalue weighted by atomic mass is 79.9. The fourth-order valence-corrected chi connectivity index (χ4v) is 2.31. The van der Waals surface area contributed by atoms with Gasteiger partial charge in [-0.1, -0.05) is 28.1 Å². The van der Waals surface area contributed by atoms with Crippen LogP contribution in [0.3, 0.4) is 0 Å². The molecule has 0 aliphatic carbocycles. The van der Waals surface area contributed by atoms with Crippen molar-refractivity contribution in [1.82, 2.24) is 5.32 Å². The summed E-state index contributed by atoms with van der Waals surface area (Å²) >= 11 is 3.29. The summed E-state index contributed by atoms with van der Waals surface area (Å²) in [5, 5.41) is 12.0. The van der Waals surface area contributed by atoms with Crippen molar-refractivity contribution in [3.05, 3.63) is 34.3 Å². The van der Waals surface area contributed by atoms with Gasteiger partial charge >= 0.3 is 11.9 Å². The molecule has 0 aliphatic heterocycles. The van der Waals surface area contributed by atoms with Crippen LogP contribution in [0.4, 0.5) is 0 Å². The largest absolute Gasteiger partial charge is 0.481 e. The Labute approximate surface area is 137 Å². The van der Waals surface area contributed by atoms with Crippen molar-refractivity contribution in [2.75, 3.05) is 7.11 Å². The zero-order valence-corrected chi connectivity index (χ0v) is 13.9. The van der Waals surface area contributed by atoms with Crippen molar-refractivity contribution < 1.29 is 24.2 Å². The molecule has 1 aromatic rings. The molecule has 2 atom stereocenters. The highest BCUT2D eigenvalue weighted by Crippen LogP contribution is 2.22. The molecule has 0 fully saturated rings. The first-order valence-electron chi connectivity index (χ1n) is 6.69. The SMILES string of the molecule is COC(=O)CCC(=O)NC(C)C(C(=O)O)c1ccc(Br)cc1. The maximum atomic E-state index is 11.8. The van der Waals surface area contributed by atoms with Gasteiger partial charge in [-0.2, -0.15) is 0 Å². The summed E-state index contributed by atoms with van der Waals surface area (Å²) in [6.07, 6.45) is -0.0746. The number of benzene rings is 1. The minimum absolute atomic E-state index is 0.0366. The van der Waals surface area contributed by atoms with E-state index < -0.39 is 23.9 Å². The van der Waals surface area contributed by atoms with Gasteiger partial charge in [0, 0.05) is 16.9 Å². The fraction of sp³-hybridized carbons (Fsp3) is 0.400. The van der Waals surface area contributed by atoms with Gasteiger partial charge in [-0.15, -0.1) is 0 Å². The van der Waals surface area contributed by atoms with Crippen LogP contribution < -0.4 is 5.32 Å². The summed E-state index contributed by atoms with van der Waals surface area (Å²) in [4.78, 5) is 34.2. The molecule has 1 aromatic carbocycles. The summed E-state index contributed by atoms with van der Waals surface area (Å²) in [6, 6.07) is 6.28. The van der Waals surface area contributed by atoms with Crippen LogP contribution in [0.15, 0.2) is 28.7 Å². The summed E-state index contributed by atoms with van der Waals surface area (Å²) in [5.41, 5.74) is 0.594. The molecule has 0 saturated carbocycles. The number of ether oxygens (including phenoxy) is 1. The summed E-state index contributed by atoms with van der Waals surface area (Å²) in [7, 11) is 1.25. The fourth-order valence-electron chi connectivity index (χ4n) is 2.04. The van der Waals surface area contributed by atoms with E-state index in [0.717, 1.165) is 4.47 Å². The van der Waals surface area contributed by atoms with E-state index in [-0.39, 0.29) is 18.7 Å². The van der Waals surface area contributed by atoms with E-state index in [1.165, 1.54) is 7.11 Å². The van der Waals surface area contributed by atoms with Crippen molar-refractivity contribution in [2.45, 2.75) is 31.7 Å². The number of carbonyl (C=O) groups is 3. The zero-order valence-electron chi connectivity index (χ0n) is 12.3. The van der Waals surface area contributed by atoms with E-state index in [1.807, 2.05) is 0 Å². The molecular weight excluding hydrogens is 354 g/mol. The number of rotatable bonds is 7. The molecule has 0 heterocycles. The average molecular weight is 372 g/mol. The second-order valence-corrected chi connectivity index (χ2v) is 5.72. The Hall–Kier alpha value is -1.89. The predicted molar refractivity (Wildman–Crippen MR) is 83.4 cm³/mol. The predicted octanol–water partition coefficient (Wildman–Crippen LogP) is 2.08. The highest BCUT2D eigenvalue weighted by Gasteiger charge is 2.27. The molecule has 7 heteroatoms. The van der Waals surface area contributed by atoms with Gasteiger partial charge in [0.05, 0.1) is 13.5 Å². The normalized spacial score (nSPS) is 13.0. The molecule has 0 aliphatic rings. The third kappa shape index (κ3) is 5.48. The van der Waals surface area contributed by atoms with Gasteiger partial charge in [0.2, 0.25) is 5.91 Å². The molecule has 0 radical (unpaired) electrons. The van der Waals surface area contributed by atoms with Crippen LogP contribution in [-0.2, 0) is 19.1 Å². The van der Waals surface area contributed by atoms with Gasteiger partial charge in [0.1, 0.15) is 5.92 Å². The van der Waals surface area contributed by atoms with Crippen LogP contribution in [0.5, 0.6) is 0 Å². The molecule has 0 saturated heterocycles. The average Bonchev–Trinajstić information content (AvgIpc) is 2.46. The van der Waals surface area contributed by atoms with Gasteiger partial charge in [-0.05, 0) is 24.6 Å². The first-order chi connectivity index (χ1) is 10.3. The Kier molecular flexibility index (Phi) is 7.04. The maximum Gasteiger partial charge on any atom is 0.313 e. The Morgan fingerprint density at radius 3 is 2.32 bits per heavy atom. The number of hydrogen-bond donors (Lipinski definition) is 2. The number of carboxylic acid groups (broad SMARTS) is 1. The van der Waals surface area contributed by atoms with Crippen molar-refractivity contribution in [3.8, 4) is 0 Å². The molecule has 22 heavy (non-hydrogen) atoms. The Morgan fingerprint density at radius 1 is 1.23 bits per heavy atom. The lowest BCUT2D eigenvalue weighted by atomic mass is 9.92. The molecule has 6 nitrogen and oxygen atoms in total. The van der Waals surface area contributed by atoms with Crippen LogP contribution in [0.25, 0.3) is 0 Å². The van der Waals surface area contributed by atoms with Gasteiger partial charge in [0.15, 0.2) is 0 Å². The van der Waals surface area contributed by atoms with E-state index in [9.17, 15) is 19.5 Å². The van der Waals surface area contributed by atoms with Crippen LogP contribution in [0, 0.1) is 0 Å². The first-order valence-corrected chi connectivity index (χ1v) is 7.49. The number of halogens is 1. The molecule has 0 spiro atoms. The number of esters is 1. The molecular formula is C15H18BrNO5. The van der Waals surface area contributed by atoms with Gasteiger partial charge in [-0.3, -0.25) is 14.4 Å². The summed E-state index contributed by atoms with van der Waals surface area (Å²) in [6.45, 7) is 1.62. The van der Waals surface area contributed by atoms with E-state index in [2.05, 4.69) is 26.0 Å². The van der Waals surface area contributed by atoms with Crippen LogP contribution in [0.2, 0.25) is 0 Å². The van der Waals surface area contributed by atoms with Crippen molar-refractivity contribution in [2.24, 2.45) is 0 Å².